The highest BCUT2D eigenvalue weighted by Gasteiger charge is 2.20. The molecule has 0 bridgehead atoms. The number of carbonyl (C=O) groups is 2. The number of amides is 1. The summed E-state index contributed by atoms with van der Waals surface area (Å²) in [5.41, 5.74) is 0.627. The van der Waals surface area contributed by atoms with Crippen molar-refractivity contribution in [1.82, 2.24) is 4.98 Å². The maximum Gasteiger partial charge on any atom is 0.270 e. The number of nitrogens with one attached hydrogen (secondary N) is 1. The van der Waals surface area contributed by atoms with Gasteiger partial charge in [0.25, 0.3) is 11.6 Å². The smallest absolute Gasteiger partial charge is 0.270 e. The molecule has 7 nitrogen and oxygen atoms in total. The van der Waals surface area contributed by atoms with E-state index in [1.54, 1.807) is 42.5 Å². The first-order valence-corrected chi connectivity index (χ1v) is 8.56. The van der Waals surface area contributed by atoms with E-state index in [0.717, 1.165) is 6.07 Å². The molecule has 8 heteroatoms. The third kappa shape index (κ3) is 4.24. The predicted octanol–water partition coefficient (Wildman–Crippen LogP) is 4.24. The van der Waals surface area contributed by atoms with E-state index in [9.17, 15) is 19.7 Å². The van der Waals surface area contributed by atoms with E-state index in [2.05, 4.69) is 26.2 Å². The molecule has 2 aromatic carbocycles. The Bertz CT molecular complexity index is 1020. The molecule has 1 heterocycles. The fourth-order valence-corrected chi connectivity index (χ4v) is 2.63. The Balaban J connectivity index is 1.99. The van der Waals surface area contributed by atoms with Gasteiger partial charge in [0.2, 0.25) is 0 Å². The monoisotopic (exact) mass is 425 g/mol. The van der Waals surface area contributed by atoms with Gasteiger partial charge in [-0.05, 0) is 34.1 Å². The van der Waals surface area contributed by atoms with E-state index < -0.39 is 16.6 Å². The van der Waals surface area contributed by atoms with Crippen LogP contribution < -0.4 is 5.32 Å². The highest BCUT2D eigenvalue weighted by molar-refractivity contribution is 9.10. The van der Waals surface area contributed by atoms with Crippen LogP contribution in [-0.4, -0.2) is 21.6 Å². The van der Waals surface area contributed by atoms with E-state index in [1.807, 2.05) is 0 Å². The van der Waals surface area contributed by atoms with E-state index in [0.29, 0.717) is 10.2 Å². The first kappa shape index (κ1) is 18.4. The van der Waals surface area contributed by atoms with Gasteiger partial charge in [-0.3, -0.25) is 19.7 Å². The number of ketones is 1. The van der Waals surface area contributed by atoms with E-state index in [1.165, 1.54) is 18.3 Å². The Labute approximate surface area is 162 Å². The van der Waals surface area contributed by atoms with Gasteiger partial charge in [-0.15, -0.1) is 0 Å². The van der Waals surface area contributed by atoms with Gasteiger partial charge in [-0.1, -0.05) is 30.3 Å². The Morgan fingerprint density at radius 1 is 1.00 bits per heavy atom. The number of pyridine rings is 1. The summed E-state index contributed by atoms with van der Waals surface area (Å²) in [6.07, 6.45) is 1.38. The molecule has 3 rings (SSSR count). The van der Waals surface area contributed by atoms with Crippen LogP contribution >= 0.6 is 15.9 Å². The van der Waals surface area contributed by atoms with Gasteiger partial charge in [-0.2, -0.15) is 0 Å². The van der Waals surface area contributed by atoms with Crippen molar-refractivity contribution in [1.29, 1.82) is 0 Å². The van der Waals surface area contributed by atoms with Crippen LogP contribution in [0.4, 0.5) is 11.4 Å². The van der Waals surface area contributed by atoms with Crippen LogP contribution in [0.5, 0.6) is 0 Å². The molecule has 0 saturated carbocycles. The number of nitro groups is 1. The van der Waals surface area contributed by atoms with E-state index >= 15 is 0 Å². The molecule has 0 radical (unpaired) electrons. The SMILES string of the molecule is O=C(Nc1ccc([N+](=O)[O-])cc1C(=O)c1ccccc1)c1ccc(Br)nc1. The van der Waals surface area contributed by atoms with Gasteiger partial charge >= 0.3 is 0 Å². The second-order valence-corrected chi connectivity index (χ2v) is 6.32. The summed E-state index contributed by atoms with van der Waals surface area (Å²) in [7, 11) is 0. The standard InChI is InChI=1S/C19H12BrN3O4/c20-17-9-6-13(11-21-17)19(25)22-16-8-7-14(23(26)27)10-15(16)18(24)12-4-2-1-3-5-12/h1-11H,(H,22,25). The number of anilines is 1. The first-order chi connectivity index (χ1) is 13.0. The number of halogens is 1. The number of carbonyl (C=O) groups excluding carboxylic acids is 2. The highest BCUT2D eigenvalue weighted by atomic mass is 79.9. The Morgan fingerprint density at radius 2 is 1.74 bits per heavy atom. The molecule has 134 valence electrons. The van der Waals surface area contributed by atoms with Crippen LogP contribution in [0, 0.1) is 10.1 Å². The van der Waals surface area contributed by atoms with Crippen LogP contribution in [-0.2, 0) is 0 Å². The third-order valence-electron chi connectivity index (χ3n) is 3.73. The minimum atomic E-state index is -0.591. The zero-order valence-electron chi connectivity index (χ0n) is 13.8. The van der Waals surface area contributed by atoms with Crippen LogP contribution in [0.25, 0.3) is 0 Å². The number of benzene rings is 2. The lowest BCUT2D eigenvalue weighted by atomic mass is 10.0. The van der Waals surface area contributed by atoms with Gasteiger partial charge in [0.05, 0.1) is 21.7 Å². The minimum Gasteiger partial charge on any atom is -0.321 e. The van der Waals surface area contributed by atoms with Crippen molar-refractivity contribution >= 4 is 39.0 Å². The Hall–Kier alpha value is -3.39. The van der Waals surface area contributed by atoms with Gasteiger partial charge < -0.3 is 5.32 Å². The second-order valence-electron chi connectivity index (χ2n) is 5.51. The molecule has 0 aliphatic carbocycles. The van der Waals surface area contributed by atoms with Crippen LogP contribution in [0.2, 0.25) is 0 Å². The second kappa shape index (κ2) is 7.88. The minimum absolute atomic E-state index is 0.0359. The molecule has 27 heavy (non-hydrogen) atoms. The van der Waals surface area contributed by atoms with Crippen LogP contribution in [0.3, 0.4) is 0 Å². The third-order valence-corrected chi connectivity index (χ3v) is 4.20. The van der Waals surface area contributed by atoms with Gasteiger partial charge in [0.1, 0.15) is 4.60 Å². The van der Waals surface area contributed by atoms with Gasteiger partial charge in [0, 0.05) is 23.9 Å². The molecule has 0 spiro atoms. The average molecular weight is 426 g/mol. The number of aromatic nitrogens is 1. The molecule has 1 aromatic heterocycles. The van der Waals surface area contributed by atoms with Crippen LogP contribution in [0.1, 0.15) is 26.3 Å². The van der Waals surface area contributed by atoms with Crippen molar-refractivity contribution in [2.45, 2.75) is 0 Å². The number of non-ortho nitro benzene ring substituents is 1. The Morgan fingerprint density at radius 3 is 2.37 bits per heavy atom. The van der Waals surface area contributed by atoms with Crippen molar-refractivity contribution in [3.8, 4) is 0 Å². The van der Waals surface area contributed by atoms with Gasteiger partial charge in [0.15, 0.2) is 5.78 Å². The average Bonchev–Trinajstić information content (AvgIpc) is 2.68. The van der Waals surface area contributed by atoms with Crippen molar-refractivity contribution in [2.75, 3.05) is 5.32 Å². The Kier molecular flexibility index (Phi) is 5.37. The summed E-state index contributed by atoms with van der Waals surface area (Å²) < 4.78 is 0.578. The summed E-state index contributed by atoms with van der Waals surface area (Å²) in [4.78, 5) is 39.7. The van der Waals surface area contributed by atoms with Crippen molar-refractivity contribution in [3.63, 3.8) is 0 Å². The number of hydrogen-bond donors (Lipinski definition) is 1. The molecular formula is C19H12BrN3O4. The topological polar surface area (TPSA) is 102 Å². The fourth-order valence-electron chi connectivity index (χ4n) is 2.39. The number of hydrogen-bond acceptors (Lipinski definition) is 5. The number of nitrogens with zero attached hydrogens (tertiary/aromatic N) is 2. The first-order valence-electron chi connectivity index (χ1n) is 7.77. The van der Waals surface area contributed by atoms with E-state index in [4.69, 9.17) is 0 Å². The summed E-state index contributed by atoms with van der Waals surface area (Å²) in [6, 6.07) is 15.3. The van der Waals surface area contributed by atoms with Crippen molar-refractivity contribution in [2.24, 2.45) is 0 Å². The molecule has 3 aromatic rings. The lowest BCUT2D eigenvalue weighted by Crippen LogP contribution is -2.15. The molecule has 1 amide bonds. The molecule has 0 saturated heterocycles. The molecule has 0 fully saturated rings. The molecule has 1 N–H and O–H groups in total. The molecule has 0 aliphatic heterocycles. The zero-order chi connectivity index (χ0) is 19.4. The molecule has 0 atom stereocenters. The fraction of sp³-hybridized carbons (Fsp3) is 0. The van der Waals surface area contributed by atoms with Crippen molar-refractivity contribution in [3.05, 3.63) is 98.3 Å². The number of nitro benzene ring substituents is 1. The summed E-state index contributed by atoms with van der Waals surface area (Å²) in [5.74, 6) is -0.908. The normalized spacial score (nSPS) is 10.3. The summed E-state index contributed by atoms with van der Waals surface area (Å²) >= 11 is 3.19. The lowest BCUT2D eigenvalue weighted by Gasteiger charge is -2.11. The highest BCUT2D eigenvalue weighted by Crippen LogP contribution is 2.25. The zero-order valence-corrected chi connectivity index (χ0v) is 15.3. The van der Waals surface area contributed by atoms with Crippen LogP contribution in [0.15, 0.2) is 71.5 Å². The quantitative estimate of drug-likeness (QED) is 0.285. The summed E-state index contributed by atoms with van der Waals surface area (Å²) in [5, 5.41) is 13.7. The maximum absolute atomic E-state index is 12.8. The van der Waals surface area contributed by atoms with Gasteiger partial charge in [-0.25, -0.2) is 4.98 Å². The number of rotatable bonds is 5. The predicted molar refractivity (Wildman–Crippen MR) is 103 cm³/mol. The van der Waals surface area contributed by atoms with E-state index in [-0.39, 0.29) is 22.5 Å². The lowest BCUT2D eigenvalue weighted by molar-refractivity contribution is -0.384. The molecule has 0 unspecified atom stereocenters. The largest absolute Gasteiger partial charge is 0.321 e. The van der Waals surface area contributed by atoms with Crippen molar-refractivity contribution < 1.29 is 14.5 Å². The molecular weight excluding hydrogens is 414 g/mol. The maximum atomic E-state index is 12.8. The molecule has 0 aliphatic rings. The summed E-state index contributed by atoms with van der Waals surface area (Å²) in [6.45, 7) is 0.